The molecule has 3 aromatic carbocycles. The number of hydrogen-bond acceptors (Lipinski definition) is 5. The van der Waals surface area contributed by atoms with Crippen molar-refractivity contribution in [3.05, 3.63) is 104 Å². The minimum Gasteiger partial charge on any atom is -0.478 e. The van der Waals surface area contributed by atoms with Crippen molar-refractivity contribution in [1.82, 2.24) is 0 Å². The summed E-state index contributed by atoms with van der Waals surface area (Å²) in [6.45, 7) is 6.15. The zero-order valence-electron chi connectivity index (χ0n) is 20.9. The van der Waals surface area contributed by atoms with Gasteiger partial charge in [-0.3, -0.25) is 4.79 Å². The Labute approximate surface area is 216 Å². The van der Waals surface area contributed by atoms with Crippen LogP contribution in [0.4, 0.5) is 24.7 Å². The number of halogens is 3. The lowest BCUT2D eigenvalue weighted by Gasteiger charge is -2.23. The van der Waals surface area contributed by atoms with Crippen molar-refractivity contribution in [3.63, 3.8) is 0 Å². The van der Waals surface area contributed by atoms with Crippen LogP contribution in [0, 0.1) is 13.8 Å². The Morgan fingerprint density at radius 1 is 1.05 bits per heavy atom. The molecule has 0 radical (unpaired) electrons. The number of carboxylic acids is 1. The maximum Gasteiger partial charge on any atom is 0.416 e. The molecule has 9 heteroatoms. The number of carbonyl (C=O) groups is 1. The minimum atomic E-state index is -4.70. The highest BCUT2D eigenvalue weighted by molar-refractivity contribution is 5.94. The van der Waals surface area contributed by atoms with Crippen molar-refractivity contribution in [2.45, 2.75) is 46.1 Å². The molecule has 2 N–H and O–H groups in total. The van der Waals surface area contributed by atoms with E-state index in [-0.39, 0.29) is 33.3 Å². The van der Waals surface area contributed by atoms with E-state index in [4.69, 9.17) is 4.42 Å². The lowest BCUT2D eigenvalue weighted by Crippen LogP contribution is -2.21. The van der Waals surface area contributed by atoms with Crippen LogP contribution in [-0.2, 0) is 19.3 Å². The fourth-order valence-electron chi connectivity index (χ4n) is 4.97. The van der Waals surface area contributed by atoms with Crippen LogP contribution in [0.5, 0.6) is 0 Å². The molecule has 1 aromatic heterocycles. The van der Waals surface area contributed by atoms with Gasteiger partial charge in [0.1, 0.15) is 5.58 Å². The number of rotatable bonds is 5. The summed E-state index contributed by atoms with van der Waals surface area (Å²) in [5.74, 6) is -0.877. The van der Waals surface area contributed by atoms with Crippen LogP contribution >= 0.6 is 0 Å². The van der Waals surface area contributed by atoms with Gasteiger partial charge in [-0.2, -0.15) is 13.2 Å². The predicted octanol–water partition coefficient (Wildman–Crippen LogP) is 6.82. The normalized spacial score (nSPS) is 14.0. The fraction of sp³-hybridized carbons (Fsp3) is 0.241. The molecule has 5 rings (SSSR count). The number of alkyl halides is 3. The summed E-state index contributed by atoms with van der Waals surface area (Å²) in [6.07, 6.45) is -4.70. The molecule has 0 aliphatic carbocycles. The van der Waals surface area contributed by atoms with Crippen molar-refractivity contribution in [2.75, 3.05) is 10.2 Å². The summed E-state index contributed by atoms with van der Waals surface area (Å²) in [5.41, 5.74) is 2.32. The molecule has 6 nitrogen and oxygen atoms in total. The Balaban J connectivity index is 1.66. The summed E-state index contributed by atoms with van der Waals surface area (Å²) >= 11 is 0. The number of hydrogen-bond donors (Lipinski definition) is 2. The molecule has 1 aliphatic heterocycles. The summed E-state index contributed by atoms with van der Waals surface area (Å²) in [4.78, 5) is 27.0. The molecule has 38 heavy (non-hydrogen) atoms. The van der Waals surface area contributed by atoms with Crippen LogP contribution in [-0.4, -0.2) is 11.1 Å². The molecule has 196 valence electrons. The third-order valence-electron chi connectivity index (χ3n) is 6.92. The number of carboxylic acid groups (broad SMARTS) is 1. The van der Waals surface area contributed by atoms with Gasteiger partial charge in [0.05, 0.1) is 28.1 Å². The second-order valence-corrected chi connectivity index (χ2v) is 9.65. The quantitative estimate of drug-likeness (QED) is 0.299. The SMILES string of the molecule is Cc1ccc2c(c1)CN(c1oc3c([C@@H](C)Nc4ccccc4C(=O)O)cc(C(F)(F)F)cc3c(=O)c1C)C2. The highest BCUT2D eigenvalue weighted by Crippen LogP contribution is 2.38. The van der Waals surface area contributed by atoms with Gasteiger partial charge in [-0.15, -0.1) is 0 Å². The van der Waals surface area contributed by atoms with E-state index in [1.54, 1.807) is 26.0 Å². The van der Waals surface area contributed by atoms with Gasteiger partial charge in [-0.1, -0.05) is 35.9 Å². The number of nitrogens with zero attached hydrogens (tertiary/aromatic N) is 1. The number of nitrogens with one attached hydrogen (secondary N) is 1. The van der Waals surface area contributed by atoms with E-state index in [9.17, 15) is 27.9 Å². The van der Waals surface area contributed by atoms with Gasteiger partial charge < -0.3 is 19.7 Å². The molecular formula is C29H25F3N2O4. The molecular weight excluding hydrogens is 497 g/mol. The number of benzene rings is 3. The monoisotopic (exact) mass is 522 g/mol. The molecule has 1 atom stereocenters. The van der Waals surface area contributed by atoms with Crippen LogP contribution in [0.3, 0.4) is 0 Å². The molecule has 1 aliphatic rings. The van der Waals surface area contributed by atoms with Gasteiger partial charge in [0.25, 0.3) is 0 Å². The zero-order chi connectivity index (χ0) is 27.4. The predicted molar refractivity (Wildman–Crippen MR) is 139 cm³/mol. The first-order valence-corrected chi connectivity index (χ1v) is 12.0. The van der Waals surface area contributed by atoms with Gasteiger partial charge in [0.2, 0.25) is 5.88 Å². The van der Waals surface area contributed by atoms with E-state index < -0.39 is 29.2 Å². The lowest BCUT2D eigenvalue weighted by atomic mass is 9.99. The van der Waals surface area contributed by atoms with Gasteiger partial charge in [-0.25, -0.2) is 4.79 Å². The molecule has 0 bridgehead atoms. The Bertz CT molecular complexity index is 1640. The standard InChI is InChI=1S/C29H25F3N2O4/c1-15-8-9-18-13-34(14-19(18)10-15)27-16(2)25(35)23-12-20(29(30,31)32)11-22(26(23)38-27)17(3)33-24-7-5-4-6-21(24)28(36)37/h4-12,17,33H,13-14H2,1-3H3,(H,36,37)/t17-/m1/s1. The zero-order valence-corrected chi connectivity index (χ0v) is 20.9. The largest absolute Gasteiger partial charge is 0.478 e. The Hall–Kier alpha value is -4.27. The molecule has 2 heterocycles. The van der Waals surface area contributed by atoms with E-state index in [1.165, 1.54) is 12.1 Å². The second-order valence-electron chi connectivity index (χ2n) is 9.65. The van der Waals surface area contributed by atoms with Crippen molar-refractivity contribution in [1.29, 1.82) is 0 Å². The maximum absolute atomic E-state index is 13.9. The number of para-hydroxylation sites is 1. The minimum absolute atomic E-state index is 0.0289. The number of anilines is 2. The molecule has 0 saturated carbocycles. The van der Waals surface area contributed by atoms with E-state index in [0.29, 0.717) is 19.0 Å². The fourth-order valence-corrected chi connectivity index (χ4v) is 4.97. The van der Waals surface area contributed by atoms with Gasteiger partial charge in [0.15, 0.2) is 5.43 Å². The van der Waals surface area contributed by atoms with Crippen molar-refractivity contribution in [3.8, 4) is 0 Å². The summed E-state index contributed by atoms with van der Waals surface area (Å²) < 4.78 is 47.8. The van der Waals surface area contributed by atoms with Crippen LogP contribution < -0.4 is 15.6 Å². The number of fused-ring (bicyclic) bond motifs is 2. The highest BCUT2D eigenvalue weighted by Gasteiger charge is 2.34. The van der Waals surface area contributed by atoms with Crippen molar-refractivity contribution < 1.29 is 27.5 Å². The van der Waals surface area contributed by atoms with Crippen molar-refractivity contribution in [2.24, 2.45) is 0 Å². The van der Waals surface area contributed by atoms with E-state index in [1.807, 2.05) is 24.0 Å². The first-order valence-electron chi connectivity index (χ1n) is 12.0. The Morgan fingerprint density at radius 2 is 1.76 bits per heavy atom. The van der Waals surface area contributed by atoms with Crippen molar-refractivity contribution >= 4 is 28.5 Å². The van der Waals surface area contributed by atoms with Gasteiger partial charge in [0, 0.05) is 24.3 Å². The molecule has 0 spiro atoms. The Morgan fingerprint density at radius 3 is 2.47 bits per heavy atom. The van der Waals surface area contributed by atoms with Gasteiger partial charge in [-0.05, 0) is 56.2 Å². The second kappa shape index (κ2) is 9.24. The number of aromatic carboxylic acids is 1. The van der Waals surface area contributed by atoms with Crippen LogP contribution in [0.15, 0.2) is 63.8 Å². The number of aryl methyl sites for hydroxylation is 1. The smallest absolute Gasteiger partial charge is 0.416 e. The molecule has 0 fully saturated rings. The van der Waals surface area contributed by atoms with E-state index in [0.717, 1.165) is 28.8 Å². The van der Waals surface area contributed by atoms with Crippen LogP contribution in [0.25, 0.3) is 11.0 Å². The molecule has 0 unspecified atom stereocenters. The first-order chi connectivity index (χ1) is 17.9. The lowest BCUT2D eigenvalue weighted by molar-refractivity contribution is -0.137. The third-order valence-corrected chi connectivity index (χ3v) is 6.92. The average molecular weight is 523 g/mol. The summed E-state index contributed by atoms with van der Waals surface area (Å²) in [6, 6.07) is 13.2. The summed E-state index contributed by atoms with van der Waals surface area (Å²) in [5, 5.41) is 12.4. The van der Waals surface area contributed by atoms with E-state index in [2.05, 4.69) is 11.4 Å². The maximum atomic E-state index is 13.9. The summed E-state index contributed by atoms with van der Waals surface area (Å²) in [7, 11) is 0. The van der Waals surface area contributed by atoms with Crippen LogP contribution in [0.1, 0.15) is 56.7 Å². The molecule has 0 saturated heterocycles. The first kappa shape index (κ1) is 25.4. The van der Waals surface area contributed by atoms with E-state index >= 15 is 0 Å². The Kier molecular flexibility index (Phi) is 6.17. The van der Waals surface area contributed by atoms with Gasteiger partial charge >= 0.3 is 12.1 Å². The average Bonchev–Trinajstić information content (AvgIpc) is 3.28. The molecule has 0 amide bonds. The molecule has 4 aromatic rings. The topological polar surface area (TPSA) is 82.8 Å². The third kappa shape index (κ3) is 4.49. The van der Waals surface area contributed by atoms with Crippen LogP contribution in [0.2, 0.25) is 0 Å². The highest BCUT2D eigenvalue weighted by atomic mass is 19.4.